The predicted molar refractivity (Wildman–Crippen MR) is 96.2 cm³/mol. The van der Waals surface area contributed by atoms with E-state index in [4.69, 9.17) is 5.73 Å². The summed E-state index contributed by atoms with van der Waals surface area (Å²) in [6.07, 6.45) is 3.81. The second-order valence-corrected chi connectivity index (χ2v) is 7.35. The normalized spacial score (nSPS) is 20.4. The van der Waals surface area contributed by atoms with Crippen LogP contribution in [0.25, 0.3) is 11.2 Å². The number of rotatable bonds is 3. The van der Waals surface area contributed by atoms with E-state index in [0.29, 0.717) is 16.3 Å². The number of nitrogens with one attached hydrogen (secondary N) is 1. The van der Waals surface area contributed by atoms with Crippen LogP contribution in [-0.4, -0.2) is 30.4 Å². The lowest BCUT2D eigenvalue weighted by atomic mass is 9.85. The fraction of sp³-hybridized carbons (Fsp3) is 0.438. The summed E-state index contributed by atoms with van der Waals surface area (Å²) in [5.74, 6) is -0.00867. The van der Waals surface area contributed by atoms with Crippen LogP contribution < -0.4 is 11.1 Å². The number of aromatic nitrogens is 5. The second-order valence-electron chi connectivity index (χ2n) is 6.49. The Hall–Kier alpha value is -2.62. The van der Waals surface area contributed by atoms with E-state index in [1.54, 1.807) is 6.33 Å². The molecule has 1 saturated carbocycles. The topological polar surface area (TPSA) is 112 Å². The van der Waals surface area contributed by atoms with Crippen LogP contribution in [0.5, 0.6) is 0 Å². The molecule has 1 amide bonds. The average molecular weight is 375 g/mol. The van der Waals surface area contributed by atoms with Crippen molar-refractivity contribution in [3.05, 3.63) is 23.5 Å². The molecule has 0 aromatic carbocycles. The molecule has 3 N–H and O–H groups in total. The van der Waals surface area contributed by atoms with Crippen molar-refractivity contribution in [2.45, 2.75) is 38.6 Å². The van der Waals surface area contributed by atoms with Crippen LogP contribution in [0, 0.1) is 18.9 Å². The van der Waals surface area contributed by atoms with Gasteiger partial charge in [0.1, 0.15) is 5.52 Å². The summed E-state index contributed by atoms with van der Waals surface area (Å²) in [7, 11) is 0. The summed E-state index contributed by atoms with van der Waals surface area (Å²) in [6, 6.07) is 0.111. The summed E-state index contributed by atoms with van der Waals surface area (Å²) >= 11 is 1.43. The van der Waals surface area contributed by atoms with Gasteiger partial charge in [-0.2, -0.15) is 14.4 Å². The molecule has 3 aromatic heterocycles. The summed E-state index contributed by atoms with van der Waals surface area (Å²) in [5.41, 5.74) is 7.42. The Labute approximate surface area is 152 Å². The van der Waals surface area contributed by atoms with Gasteiger partial charge in [0.2, 0.25) is 5.91 Å². The third-order valence-electron chi connectivity index (χ3n) is 4.73. The number of carbonyl (C=O) groups excluding carboxylic acids is 1. The third kappa shape index (κ3) is 3.12. The molecule has 0 radical (unpaired) electrons. The highest BCUT2D eigenvalue weighted by Crippen LogP contribution is 2.34. The van der Waals surface area contributed by atoms with Crippen LogP contribution in [0.15, 0.2) is 11.7 Å². The van der Waals surface area contributed by atoms with Crippen LogP contribution in [0.4, 0.5) is 15.3 Å². The Balaban J connectivity index is 1.44. The van der Waals surface area contributed by atoms with Crippen molar-refractivity contribution in [2.75, 3.05) is 11.1 Å². The lowest BCUT2D eigenvalue weighted by Crippen LogP contribution is -2.28. The average Bonchev–Trinajstić information content (AvgIpc) is 3.21. The number of nitrogens with zero attached hydrogens (tertiary/aromatic N) is 5. The van der Waals surface area contributed by atoms with Gasteiger partial charge >= 0.3 is 6.08 Å². The largest absolute Gasteiger partial charge is 0.382 e. The Morgan fingerprint density at radius 3 is 2.77 bits per heavy atom. The lowest BCUT2D eigenvalue weighted by molar-refractivity contribution is -0.120. The van der Waals surface area contributed by atoms with Gasteiger partial charge in [-0.15, -0.1) is 11.3 Å². The molecule has 8 nitrogen and oxygen atoms in total. The number of halogens is 1. The van der Waals surface area contributed by atoms with E-state index in [1.165, 1.54) is 11.3 Å². The molecule has 0 atom stereocenters. The molecule has 3 aromatic rings. The molecule has 10 heteroatoms. The highest BCUT2D eigenvalue weighted by atomic mass is 32.1. The van der Waals surface area contributed by atoms with Gasteiger partial charge in [0.25, 0.3) is 0 Å². The van der Waals surface area contributed by atoms with Crippen LogP contribution in [0.3, 0.4) is 0 Å². The molecule has 0 unspecified atom stereocenters. The molecule has 0 aliphatic heterocycles. The number of imidazole rings is 1. The molecular weight excluding hydrogens is 357 g/mol. The van der Waals surface area contributed by atoms with Crippen molar-refractivity contribution in [1.29, 1.82) is 0 Å². The number of hydrogen-bond acceptors (Lipinski definition) is 7. The van der Waals surface area contributed by atoms with Gasteiger partial charge in [0.05, 0.1) is 12.0 Å². The van der Waals surface area contributed by atoms with Crippen molar-refractivity contribution < 1.29 is 9.18 Å². The third-order valence-corrected chi connectivity index (χ3v) is 5.61. The predicted octanol–water partition coefficient (Wildman–Crippen LogP) is 2.68. The van der Waals surface area contributed by atoms with E-state index < -0.39 is 6.08 Å². The zero-order valence-electron chi connectivity index (χ0n) is 14.1. The quantitative estimate of drug-likeness (QED) is 0.681. The summed E-state index contributed by atoms with van der Waals surface area (Å²) in [6.45, 7) is 1.89. The molecular formula is C16H18FN7OS. The molecule has 1 aliphatic carbocycles. The number of anilines is 2. The summed E-state index contributed by atoms with van der Waals surface area (Å²) in [4.78, 5) is 28.2. The summed E-state index contributed by atoms with van der Waals surface area (Å²) < 4.78 is 15.3. The van der Waals surface area contributed by atoms with Gasteiger partial charge in [-0.25, -0.2) is 9.97 Å². The fourth-order valence-electron chi connectivity index (χ4n) is 3.41. The number of aryl methyl sites for hydroxylation is 1. The van der Waals surface area contributed by atoms with E-state index in [-0.39, 0.29) is 23.7 Å². The van der Waals surface area contributed by atoms with E-state index in [0.717, 1.165) is 31.4 Å². The SMILES string of the molecule is Cc1csc(NC(=O)C2CCC(n3cnc4c(N)nc(F)nc43)CC2)n1. The van der Waals surface area contributed by atoms with Gasteiger partial charge in [0.15, 0.2) is 16.6 Å². The molecule has 0 spiro atoms. The van der Waals surface area contributed by atoms with Gasteiger partial charge in [0, 0.05) is 17.3 Å². The van der Waals surface area contributed by atoms with Crippen LogP contribution in [0.2, 0.25) is 0 Å². The molecule has 136 valence electrons. The van der Waals surface area contributed by atoms with Gasteiger partial charge < -0.3 is 15.6 Å². The molecule has 0 bridgehead atoms. The minimum absolute atomic E-state index is 0.00547. The number of amides is 1. The molecule has 4 rings (SSSR count). The Bertz CT molecular complexity index is 961. The number of nitrogen functional groups attached to an aromatic ring is 1. The first-order valence-electron chi connectivity index (χ1n) is 8.40. The molecule has 26 heavy (non-hydrogen) atoms. The van der Waals surface area contributed by atoms with E-state index in [9.17, 15) is 9.18 Å². The number of thiazole rings is 1. The van der Waals surface area contributed by atoms with Gasteiger partial charge in [-0.3, -0.25) is 4.79 Å². The van der Waals surface area contributed by atoms with Crippen LogP contribution in [0.1, 0.15) is 37.4 Å². The molecule has 1 fully saturated rings. The number of fused-ring (bicyclic) bond motifs is 1. The molecule has 1 aliphatic rings. The maximum atomic E-state index is 13.5. The maximum absolute atomic E-state index is 13.5. The Morgan fingerprint density at radius 2 is 2.08 bits per heavy atom. The number of carbonyl (C=O) groups is 1. The number of hydrogen-bond donors (Lipinski definition) is 2. The first-order chi connectivity index (χ1) is 12.5. The zero-order valence-corrected chi connectivity index (χ0v) is 15.0. The van der Waals surface area contributed by atoms with Crippen molar-refractivity contribution in [2.24, 2.45) is 5.92 Å². The Kier molecular flexibility index (Phi) is 4.27. The highest BCUT2D eigenvalue weighted by molar-refractivity contribution is 7.13. The molecule has 3 heterocycles. The van der Waals surface area contributed by atoms with Crippen molar-refractivity contribution in [3.63, 3.8) is 0 Å². The summed E-state index contributed by atoms with van der Waals surface area (Å²) in [5, 5.41) is 5.43. The van der Waals surface area contributed by atoms with Crippen molar-refractivity contribution in [1.82, 2.24) is 24.5 Å². The minimum Gasteiger partial charge on any atom is -0.382 e. The van der Waals surface area contributed by atoms with Crippen molar-refractivity contribution >= 4 is 39.4 Å². The zero-order chi connectivity index (χ0) is 18.3. The van der Waals surface area contributed by atoms with Crippen LogP contribution >= 0.6 is 11.3 Å². The molecule has 0 saturated heterocycles. The lowest BCUT2D eigenvalue weighted by Gasteiger charge is -2.28. The first-order valence-corrected chi connectivity index (χ1v) is 9.28. The maximum Gasteiger partial charge on any atom is 0.312 e. The second kappa shape index (κ2) is 6.60. The standard InChI is InChI=1S/C16H18FN7OS/c1-8-6-26-16(20-8)23-14(25)9-2-4-10(5-3-9)24-7-19-11-12(18)21-15(17)22-13(11)24/h6-7,9-10H,2-5H2,1H3,(H2,18,21,22)(H,20,23,25). The number of nitrogens with two attached hydrogens (primary N) is 1. The van der Waals surface area contributed by atoms with E-state index in [1.807, 2.05) is 16.9 Å². The smallest absolute Gasteiger partial charge is 0.312 e. The van der Waals surface area contributed by atoms with E-state index >= 15 is 0 Å². The van der Waals surface area contributed by atoms with Gasteiger partial charge in [-0.05, 0) is 32.6 Å². The first kappa shape index (κ1) is 16.8. The monoisotopic (exact) mass is 375 g/mol. The fourth-order valence-corrected chi connectivity index (χ4v) is 4.10. The highest BCUT2D eigenvalue weighted by Gasteiger charge is 2.29. The van der Waals surface area contributed by atoms with Gasteiger partial charge in [-0.1, -0.05) is 0 Å². The minimum atomic E-state index is -0.858. The van der Waals surface area contributed by atoms with Crippen LogP contribution in [-0.2, 0) is 4.79 Å². The Morgan fingerprint density at radius 1 is 1.31 bits per heavy atom. The van der Waals surface area contributed by atoms with E-state index in [2.05, 4.69) is 25.3 Å². The van der Waals surface area contributed by atoms with Crippen molar-refractivity contribution in [3.8, 4) is 0 Å².